The second-order valence-electron chi connectivity index (χ2n) is 7.34. The Labute approximate surface area is 174 Å². The summed E-state index contributed by atoms with van der Waals surface area (Å²) in [4.78, 5) is 34.9. The van der Waals surface area contributed by atoms with Crippen LogP contribution in [0.2, 0.25) is 0 Å². The fourth-order valence-corrected chi connectivity index (χ4v) is 3.40. The van der Waals surface area contributed by atoms with Gasteiger partial charge in [0.25, 0.3) is 11.6 Å². The molecule has 8 nitrogen and oxygen atoms in total. The van der Waals surface area contributed by atoms with Crippen molar-refractivity contribution < 1.29 is 14.5 Å². The minimum Gasteiger partial charge on any atom is -0.326 e. The van der Waals surface area contributed by atoms with Gasteiger partial charge in [-0.1, -0.05) is 19.3 Å². The number of hydrazone groups is 1. The average molecular weight is 408 g/mol. The standard InChI is InChI=1S/C22H24N4O4/c1-15(16-9-13-20(14-10-16)26(29)30)24-25-22(28)18-7-11-19(12-8-18)23-21(27)17-5-3-2-4-6-17/h7-14,17H,2-6H2,1H3,(H,23,27)(H,25,28)/b24-15-. The summed E-state index contributed by atoms with van der Waals surface area (Å²) in [5.41, 5.74) is 4.73. The van der Waals surface area contributed by atoms with Gasteiger partial charge in [-0.3, -0.25) is 19.7 Å². The van der Waals surface area contributed by atoms with Crippen molar-refractivity contribution >= 4 is 28.9 Å². The highest BCUT2D eigenvalue weighted by Crippen LogP contribution is 2.25. The third-order valence-corrected chi connectivity index (χ3v) is 5.21. The summed E-state index contributed by atoms with van der Waals surface area (Å²) in [5.74, 6) is -0.282. The van der Waals surface area contributed by atoms with Crippen molar-refractivity contribution in [1.82, 2.24) is 5.43 Å². The van der Waals surface area contributed by atoms with Crippen LogP contribution in [-0.2, 0) is 4.79 Å². The molecule has 1 aliphatic rings. The van der Waals surface area contributed by atoms with Crippen LogP contribution in [-0.4, -0.2) is 22.4 Å². The summed E-state index contributed by atoms with van der Waals surface area (Å²) in [6.45, 7) is 1.70. The summed E-state index contributed by atoms with van der Waals surface area (Å²) in [5, 5.41) is 17.7. The van der Waals surface area contributed by atoms with Crippen LogP contribution in [0.15, 0.2) is 53.6 Å². The third-order valence-electron chi connectivity index (χ3n) is 5.21. The van der Waals surface area contributed by atoms with E-state index in [0.29, 0.717) is 22.5 Å². The number of nitro groups is 1. The van der Waals surface area contributed by atoms with E-state index in [0.717, 1.165) is 25.7 Å². The van der Waals surface area contributed by atoms with E-state index in [1.165, 1.54) is 18.6 Å². The number of rotatable bonds is 6. The summed E-state index contributed by atoms with van der Waals surface area (Å²) in [6, 6.07) is 12.6. The number of nitrogens with zero attached hydrogens (tertiary/aromatic N) is 2. The molecule has 2 amide bonds. The molecule has 30 heavy (non-hydrogen) atoms. The van der Waals surface area contributed by atoms with E-state index in [1.54, 1.807) is 43.3 Å². The van der Waals surface area contributed by atoms with Crippen molar-refractivity contribution in [2.24, 2.45) is 11.0 Å². The Bertz CT molecular complexity index is 946. The van der Waals surface area contributed by atoms with Crippen molar-refractivity contribution in [3.05, 3.63) is 69.8 Å². The Morgan fingerprint density at radius 1 is 0.967 bits per heavy atom. The predicted octanol–water partition coefficient (Wildman–Crippen LogP) is 4.27. The van der Waals surface area contributed by atoms with Crippen molar-refractivity contribution in [3.8, 4) is 0 Å². The van der Waals surface area contributed by atoms with Gasteiger partial charge in [-0.15, -0.1) is 0 Å². The lowest BCUT2D eigenvalue weighted by Gasteiger charge is -2.20. The molecule has 0 radical (unpaired) electrons. The van der Waals surface area contributed by atoms with Crippen molar-refractivity contribution in [2.75, 3.05) is 5.32 Å². The molecule has 2 aromatic carbocycles. The first-order valence-electron chi connectivity index (χ1n) is 9.94. The lowest BCUT2D eigenvalue weighted by atomic mass is 9.88. The molecular formula is C22H24N4O4. The molecular weight excluding hydrogens is 384 g/mol. The maximum absolute atomic E-state index is 12.3. The fraction of sp³-hybridized carbons (Fsp3) is 0.318. The molecule has 0 bridgehead atoms. The Morgan fingerprint density at radius 3 is 2.17 bits per heavy atom. The highest BCUT2D eigenvalue weighted by atomic mass is 16.6. The Hall–Kier alpha value is -3.55. The van der Waals surface area contributed by atoms with Gasteiger partial charge in [0.1, 0.15) is 0 Å². The molecule has 0 aromatic heterocycles. The topological polar surface area (TPSA) is 114 Å². The lowest BCUT2D eigenvalue weighted by molar-refractivity contribution is -0.384. The van der Waals surface area contributed by atoms with Crippen molar-refractivity contribution in [3.63, 3.8) is 0 Å². The number of carbonyl (C=O) groups excluding carboxylic acids is 2. The van der Waals surface area contributed by atoms with E-state index in [1.807, 2.05) is 0 Å². The molecule has 0 unspecified atom stereocenters. The van der Waals surface area contributed by atoms with Crippen LogP contribution in [0.5, 0.6) is 0 Å². The normalized spacial score (nSPS) is 14.8. The number of carbonyl (C=O) groups is 2. The van der Waals surface area contributed by atoms with E-state index < -0.39 is 4.92 Å². The van der Waals surface area contributed by atoms with Crippen LogP contribution in [0.1, 0.15) is 54.9 Å². The Kier molecular flexibility index (Phi) is 6.90. The number of nitro benzene ring substituents is 1. The van der Waals surface area contributed by atoms with E-state index in [2.05, 4.69) is 15.8 Å². The summed E-state index contributed by atoms with van der Waals surface area (Å²) in [7, 11) is 0. The minimum absolute atomic E-state index is 0.00810. The molecule has 3 rings (SSSR count). The van der Waals surface area contributed by atoms with Crippen LogP contribution in [0, 0.1) is 16.0 Å². The number of hydrogen-bond donors (Lipinski definition) is 2. The van der Waals surface area contributed by atoms with Crippen LogP contribution in [0.4, 0.5) is 11.4 Å². The molecule has 0 saturated heterocycles. The number of hydrogen-bond acceptors (Lipinski definition) is 5. The summed E-state index contributed by atoms with van der Waals surface area (Å²) < 4.78 is 0. The van der Waals surface area contributed by atoms with Gasteiger partial charge >= 0.3 is 0 Å². The zero-order valence-corrected chi connectivity index (χ0v) is 16.8. The first kappa shape index (κ1) is 21.2. The highest BCUT2D eigenvalue weighted by Gasteiger charge is 2.21. The number of nitrogens with one attached hydrogen (secondary N) is 2. The Balaban J connectivity index is 1.56. The maximum atomic E-state index is 12.3. The largest absolute Gasteiger partial charge is 0.326 e. The Morgan fingerprint density at radius 2 is 1.57 bits per heavy atom. The lowest BCUT2D eigenvalue weighted by Crippen LogP contribution is -2.24. The molecule has 0 atom stereocenters. The molecule has 0 aliphatic heterocycles. The van der Waals surface area contributed by atoms with Crippen molar-refractivity contribution in [1.29, 1.82) is 0 Å². The van der Waals surface area contributed by atoms with Gasteiger partial charge in [-0.25, -0.2) is 5.43 Å². The first-order chi connectivity index (χ1) is 14.4. The number of amides is 2. The zero-order chi connectivity index (χ0) is 21.5. The van der Waals surface area contributed by atoms with Gasteiger partial charge in [0, 0.05) is 29.3 Å². The van der Waals surface area contributed by atoms with Gasteiger partial charge in [-0.05, 0) is 61.7 Å². The third kappa shape index (κ3) is 5.50. The van der Waals surface area contributed by atoms with Crippen LogP contribution >= 0.6 is 0 Å². The maximum Gasteiger partial charge on any atom is 0.271 e. The summed E-state index contributed by atoms with van der Waals surface area (Å²) in [6.07, 6.45) is 5.24. The SMILES string of the molecule is C/C(=N/NC(=O)c1ccc(NC(=O)C2CCCCC2)cc1)c1ccc([N+](=O)[O-])cc1. The summed E-state index contributed by atoms with van der Waals surface area (Å²) >= 11 is 0. The molecule has 2 N–H and O–H groups in total. The molecule has 0 spiro atoms. The highest BCUT2D eigenvalue weighted by molar-refractivity contribution is 6.01. The van der Waals surface area contributed by atoms with Gasteiger partial charge in [0.05, 0.1) is 10.6 Å². The molecule has 2 aromatic rings. The van der Waals surface area contributed by atoms with Gasteiger partial charge in [-0.2, -0.15) is 5.10 Å². The predicted molar refractivity (Wildman–Crippen MR) is 114 cm³/mol. The molecule has 156 valence electrons. The van der Waals surface area contributed by atoms with Crippen molar-refractivity contribution in [2.45, 2.75) is 39.0 Å². The van der Waals surface area contributed by atoms with Gasteiger partial charge in [0.15, 0.2) is 0 Å². The van der Waals surface area contributed by atoms with Gasteiger partial charge in [0.2, 0.25) is 5.91 Å². The molecule has 1 aliphatic carbocycles. The van der Waals surface area contributed by atoms with Crippen LogP contribution in [0.25, 0.3) is 0 Å². The molecule has 1 fully saturated rings. The zero-order valence-electron chi connectivity index (χ0n) is 16.8. The monoisotopic (exact) mass is 408 g/mol. The number of anilines is 1. The van der Waals surface area contributed by atoms with E-state index in [-0.39, 0.29) is 23.4 Å². The quantitative estimate of drug-likeness (QED) is 0.422. The number of benzene rings is 2. The average Bonchev–Trinajstić information content (AvgIpc) is 2.78. The minimum atomic E-state index is -0.473. The van der Waals surface area contributed by atoms with Crippen LogP contribution in [0.3, 0.4) is 0 Å². The van der Waals surface area contributed by atoms with E-state index in [4.69, 9.17) is 0 Å². The molecule has 8 heteroatoms. The van der Waals surface area contributed by atoms with E-state index in [9.17, 15) is 19.7 Å². The second kappa shape index (κ2) is 9.78. The van der Waals surface area contributed by atoms with Gasteiger partial charge < -0.3 is 5.32 Å². The number of non-ortho nitro benzene ring substituents is 1. The smallest absolute Gasteiger partial charge is 0.271 e. The second-order valence-corrected chi connectivity index (χ2v) is 7.34. The molecule has 0 heterocycles. The molecule has 1 saturated carbocycles. The fourth-order valence-electron chi connectivity index (χ4n) is 3.40. The van der Waals surface area contributed by atoms with E-state index >= 15 is 0 Å². The van der Waals surface area contributed by atoms with Crippen LogP contribution < -0.4 is 10.7 Å². The first-order valence-corrected chi connectivity index (χ1v) is 9.94.